The standard InChI is InChI=1S/C17H34N6O/c1-2-3-4-5-6-7-8-9-10-11-13-24-14-12-20-17-22-15(18)21-16(19)23-17/h2-14H2,1H3,(H5,18,19,20,21,22,23). The lowest BCUT2D eigenvalue weighted by Gasteiger charge is -2.07. The molecule has 1 aromatic heterocycles. The normalized spacial score (nSPS) is 10.9. The molecule has 0 aliphatic carbocycles. The molecule has 0 unspecified atom stereocenters. The first-order valence-electron chi connectivity index (χ1n) is 9.31. The SMILES string of the molecule is CCCCCCCCCCCCOCCNc1nc(N)nc(N)n1. The molecule has 0 bridgehead atoms. The average molecular weight is 339 g/mol. The molecule has 0 atom stereocenters. The molecule has 7 heteroatoms. The van der Waals surface area contributed by atoms with Gasteiger partial charge in [0.05, 0.1) is 6.61 Å². The molecule has 1 rings (SSSR count). The first-order chi connectivity index (χ1) is 11.7. The summed E-state index contributed by atoms with van der Waals surface area (Å²) in [5, 5.41) is 3.02. The molecular formula is C17H34N6O. The summed E-state index contributed by atoms with van der Waals surface area (Å²) in [6, 6.07) is 0. The third kappa shape index (κ3) is 11.0. The van der Waals surface area contributed by atoms with E-state index in [-0.39, 0.29) is 11.9 Å². The summed E-state index contributed by atoms with van der Waals surface area (Å²) in [5.41, 5.74) is 11.0. The van der Waals surface area contributed by atoms with E-state index < -0.39 is 0 Å². The van der Waals surface area contributed by atoms with Gasteiger partial charge in [-0.25, -0.2) is 0 Å². The van der Waals surface area contributed by atoms with E-state index in [1.807, 2.05) is 0 Å². The Kier molecular flexibility index (Phi) is 11.7. The van der Waals surface area contributed by atoms with Crippen molar-refractivity contribution in [1.82, 2.24) is 15.0 Å². The Labute approximate surface area is 146 Å². The number of nitrogens with zero attached hydrogens (tertiary/aromatic N) is 3. The van der Waals surface area contributed by atoms with Crippen molar-refractivity contribution in [2.75, 3.05) is 36.5 Å². The van der Waals surface area contributed by atoms with Crippen molar-refractivity contribution in [3.63, 3.8) is 0 Å². The summed E-state index contributed by atoms with van der Waals surface area (Å²) in [7, 11) is 0. The lowest BCUT2D eigenvalue weighted by atomic mass is 10.1. The molecule has 0 saturated heterocycles. The molecule has 24 heavy (non-hydrogen) atoms. The Balaban J connectivity index is 1.84. The molecule has 0 fully saturated rings. The maximum absolute atomic E-state index is 5.59. The van der Waals surface area contributed by atoms with Crippen LogP contribution in [0.2, 0.25) is 0 Å². The van der Waals surface area contributed by atoms with Crippen molar-refractivity contribution in [3.05, 3.63) is 0 Å². The largest absolute Gasteiger partial charge is 0.380 e. The number of nitrogens with one attached hydrogen (secondary N) is 1. The van der Waals surface area contributed by atoms with E-state index in [1.165, 1.54) is 57.8 Å². The number of hydrogen-bond donors (Lipinski definition) is 3. The van der Waals surface area contributed by atoms with E-state index in [0.717, 1.165) is 13.0 Å². The summed E-state index contributed by atoms with van der Waals surface area (Å²) >= 11 is 0. The number of nitrogens with two attached hydrogens (primary N) is 2. The number of unbranched alkanes of at least 4 members (excludes halogenated alkanes) is 9. The van der Waals surface area contributed by atoms with Gasteiger partial charge >= 0.3 is 0 Å². The van der Waals surface area contributed by atoms with E-state index in [0.29, 0.717) is 19.1 Å². The predicted octanol–water partition coefficient (Wildman–Crippen LogP) is 3.39. The summed E-state index contributed by atoms with van der Waals surface area (Å²) in [6.45, 7) is 4.31. The van der Waals surface area contributed by atoms with E-state index in [1.54, 1.807) is 0 Å². The van der Waals surface area contributed by atoms with Gasteiger partial charge in [0.1, 0.15) is 0 Å². The van der Waals surface area contributed by atoms with Crippen LogP contribution >= 0.6 is 0 Å². The summed E-state index contributed by atoms with van der Waals surface area (Å²) < 4.78 is 5.59. The first-order valence-corrected chi connectivity index (χ1v) is 9.31. The Morgan fingerprint density at radius 3 is 1.88 bits per heavy atom. The van der Waals surface area contributed by atoms with Gasteiger partial charge in [-0.15, -0.1) is 0 Å². The van der Waals surface area contributed by atoms with Crippen LogP contribution in [0.1, 0.15) is 71.1 Å². The minimum atomic E-state index is 0.122. The lowest BCUT2D eigenvalue weighted by Crippen LogP contribution is -2.14. The summed E-state index contributed by atoms with van der Waals surface area (Å²) in [5.74, 6) is 0.634. The minimum absolute atomic E-state index is 0.122. The molecule has 0 radical (unpaired) electrons. The molecule has 7 nitrogen and oxygen atoms in total. The van der Waals surface area contributed by atoms with Crippen molar-refractivity contribution in [1.29, 1.82) is 0 Å². The van der Waals surface area contributed by atoms with Gasteiger partial charge in [0.15, 0.2) is 0 Å². The zero-order valence-corrected chi connectivity index (χ0v) is 15.1. The van der Waals surface area contributed by atoms with E-state index >= 15 is 0 Å². The van der Waals surface area contributed by atoms with Crippen LogP contribution in [-0.4, -0.2) is 34.7 Å². The van der Waals surface area contributed by atoms with Crippen molar-refractivity contribution in [3.8, 4) is 0 Å². The van der Waals surface area contributed by atoms with Gasteiger partial charge in [0, 0.05) is 13.2 Å². The van der Waals surface area contributed by atoms with Gasteiger partial charge in [-0.1, -0.05) is 64.7 Å². The molecule has 1 aromatic rings. The molecular weight excluding hydrogens is 304 g/mol. The van der Waals surface area contributed by atoms with Crippen LogP contribution in [0.15, 0.2) is 0 Å². The van der Waals surface area contributed by atoms with Gasteiger partial charge in [-0.05, 0) is 6.42 Å². The van der Waals surface area contributed by atoms with Crippen LogP contribution in [0.3, 0.4) is 0 Å². The van der Waals surface area contributed by atoms with E-state index in [4.69, 9.17) is 16.2 Å². The van der Waals surface area contributed by atoms with Crippen molar-refractivity contribution >= 4 is 17.8 Å². The average Bonchev–Trinajstić information content (AvgIpc) is 2.54. The number of rotatable bonds is 15. The summed E-state index contributed by atoms with van der Waals surface area (Å²) in [4.78, 5) is 11.6. The van der Waals surface area contributed by atoms with Crippen LogP contribution in [0.25, 0.3) is 0 Å². The molecule has 0 amide bonds. The second kappa shape index (κ2) is 13.8. The second-order valence-corrected chi connectivity index (χ2v) is 6.10. The molecule has 0 aliphatic heterocycles. The smallest absolute Gasteiger partial charge is 0.229 e. The van der Waals surface area contributed by atoms with E-state index in [9.17, 15) is 0 Å². The van der Waals surface area contributed by atoms with Gasteiger partial charge in [-0.3, -0.25) is 0 Å². The molecule has 1 heterocycles. The monoisotopic (exact) mass is 338 g/mol. The van der Waals surface area contributed by atoms with E-state index in [2.05, 4.69) is 27.2 Å². The quantitative estimate of drug-likeness (QED) is 0.420. The molecule has 0 spiro atoms. The zero-order valence-electron chi connectivity index (χ0n) is 15.1. The third-order valence-corrected chi connectivity index (χ3v) is 3.84. The second-order valence-electron chi connectivity index (χ2n) is 6.10. The number of ether oxygens (including phenoxy) is 1. The number of aromatic nitrogens is 3. The highest BCUT2D eigenvalue weighted by molar-refractivity contribution is 5.36. The number of anilines is 3. The maximum atomic E-state index is 5.59. The van der Waals surface area contributed by atoms with Gasteiger partial charge in [0.25, 0.3) is 0 Å². The predicted molar refractivity (Wildman–Crippen MR) is 99.8 cm³/mol. The van der Waals surface area contributed by atoms with Crippen LogP contribution in [-0.2, 0) is 4.74 Å². The Bertz CT molecular complexity index is 409. The fourth-order valence-corrected chi connectivity index (χ4v) is 2.52. The van der Waals surface area contributed by atoms with Gasteiger partial charge < -0.3 is 21.5 Å². The Morgan fingerprint density at radius 1 is 0.750 bits per heavy atom. The molecule has 138 valence electrons. The molecule has 5 N–H and O–H groups in total. The van der Waals surface area contributed by atoms with Crippen molar-refractivity contribution < 1.29 is 4.74 Å². The Hall–Kier alpha value is -1.63. The maximum Gasteiger partial charge on any atom is 0.229 e. The van der Waals surface area contributed by atoms with Crippen LogP contribution in [0.4, 0.5) is 17.8 Å². The highest BCUT2D eigenvalue weighted by atomic mass is 16.5. The molecule has 0 saturated carbocycles. The topological polar surface area (TPSA) is 112 Å². The van der Waals surface area contributed by atoms with Crippen LogP contribution in [0.5, 0.6) is 0 Å². The van der Waals surface area contributed by atoms with Crippen LogP contribution < -0.4 is 16.8 Å². The third-order valence-electron chi connectivity index (χ3n) is 3.84. The van der Waals surface area contributed by atoms with Gasteiger partial charge in [0.2, 0.25) is 17.8 Å². The highest BCUT2D eigenvalue weighted by Gasteiger charge is 2.00. The minimum Gasteiger partial charge on any atom is -0.380 e. The summed E-state index contributed by atoms with van der Waals surface area (Å²) in [6.07, 6.45) is 13.4. The lowest BCUT2D eigenvalue weighted by molar-refractivity contribution is 0.139. The fourth-order valence-electron chi connectivity index (χ4n) is 2.52. The zero-order chi connectivity index (χ0) is 17.5. The van der Waals surface area contributed by atoms with Crippen molar-refractivity contribution in [2.24, 2.45) is 0 Å². The molecule has 0 aromatic carbocycles. The highest BCUT2D eigenvalue weighted by Crippen LogP contribution is 2.10. The van der Waals surface area contributed by atoms with Gasteiger partial charge in [-0.2, -0.15) is 15.0 Å². The van der Waals surface area contributed by atoms with Crippen molar-refractivity contribution in [2.45, 2.75) is 71.1 Å². The Morgan fingerprint density at radius 2 is 1.29 bits per heavy atom. The first kappa shape index (κ1) is 20.4. The van der Waals surface area contributed by atoms with Crippen LogP contribution in [0, 0.1) is 0 Å². The molecule has 0 aliphatic rings. The fraction of sp³-hybridized carbons (Fsp3) is 0.824. The number of hydrogen-bond acceptors (Lipinski definition) is 7. The number of nitrogen functional groups attached to an aromatic ring is 2.